The number of methoxy groups -OCH3 is 2. The van der Waals surface area contributed by atoms with Gasteiger partial charge in [-0.15, -0.1) is 0 Å². The van der Waals surface area contributed by atoms with E-state index in [1.165, 1.54) is 50.6 Å². The van der Waals surface area contributed by atoms with Crippen LogP contribution in [0.1, 0.15) is 13.8 Å². The number of rotatable bonds is 9. The minimum atomic E-state index is -4.27. The number of nitrogens with one attached hydrogen (secondary N) is 1. The van der Waals surface area contributed by atoms with Crippen LogP contribution in [0.5, 0.6) is 11.5 Å². The van der Waals surface area contributed by atoms with Crippen molar-refractivity contribution in [1.29, 1.82) is 0 Å². The van der Waals surface area contributed by atoms with Crippen LogP contribution >= 0.6 is 0 Å². The van der Waals surface area contributed by atoms with Crippen LogP contribution in [0.15, 0.2) is 47.4 Å². The van der Waals surface area contributed by atoms with E-state index in [-0.39, 0.29) is 22.3 Å². The molecule has 0 radical (unpaired) electrons. The molecule has 1 amide bonds. The summed E-state index contributed by atoms with van der Waals surface area (Å²) < 4.78 is 52.1. The smallest absolute Gasteiger partial charge is 0.265 e. The van der Waals surface area contributed by atoms with E-state index in [0.29, 0.717) is 12.3 Å². The van der Waals surface area contributed by atoms with E-state index >= 15 is 0 Å². The Morgan fingerprint density at radius 1 is 1.10 bits per heavy atom. The zero-order valence-electron chi connectivity index (χ0n) is 16.8. The molecule has 29 heavy (non-hydrogen) atoms. The van der Waals surface area contributed by atoms with Crippen LogP contribution in [0.25, 0.3) is 0 Å². The minimum absolute atomic E-state index is 0.157. The van der Waals surface area contributed by atoms with Crippen molar-refractivity contribution < 1.29 is 27.1 Å². The first kappa shape index (κ1) is 22.5. The van der Waals surface area contributed by atoms with Gasteiger partial charge in [0.1, 0.15) is 12.4 Å². The van der Waals surface area contributed by atoms with Gasteiger partial charge in [0, 0.05) is 12.6 Å². The van der Waals surface area contributed by atoms with E-state index in [1.807, 2.05) is 13.8 Å². The number of halogens is 1. The molecule has 0 aliphatic carbocycles. The first-order valence-corrected chi connectivity index (χ1v) is 10.4. The van der Waals surface area contributed by atoms with Gasteiger partial charge in [0.25, 0.3) is 10.0 Å². The van der Waals surface area contributed by atoms with Crippen molar-refractivity contribution in [2.75, 3.05) is 31.6 Å². The van der Waals surface area contributed by atoms with Crippen LogP contribution in [0, 0.1) is 11.7 Å². The third kappa shape index (κ3) is 5.38. The lowest BCUT2D eigenvalue weighted by molar-refractivity contribution is -0.119. The molecule has 0 saturated heterocycles. The Balaban J connectivity index is 2.49. The first-order chi connectivity index (χ1) is 13.7. The highest BCUT2D eigenvalue weighted by Gasteiger charge is 2.30. The van der Waals surface area contributed by atoms with Crippen molar-refractivity contribution in [1.82, 2.24) is 5.32 Å². The third-order valence-corrected chi connectivity index (χ3v) is 5.81. The van der Waals surface area contributed by atoms with Gasteiger partial charge in [0.15, 0.2) is 11.5 Å². The molecule has 2 aromatic rings. The molecular weight excluding hydrogens is 399 g/mol. The van der Waals surface area contributed by atoms with Gasteiger partial charge in [-0.2, -0.15) is 0 Å². The molecule has 0 fully saturated rings. The fraction of sp³-hybridized carbons (Fsp3) is 0.350. The molecule has 0 heterocycles. The minimum Gasteiger partial charge on any atom is -0.493 e. The lowest BCUT2D eigenvalue weighted by Crippen LogP contribution is -2.42. The van der Waals surface area contributed by atoms with Gasteiger partial charge in [0.2, 0.25) is 5.91 Å². The number of para-hydroxylation sites is 1. The van der Waals surface area contributed by atoms with Gasteiger partial charge in [-0.3, -0.25) is 9.10 Å². The Bertz CT molecular complexity index is 963. The summed E-state index contributed by atoms with van der Waals surface area (Å²) in [5, 5.41) is 2.65. The summed E-state index contributed by atoms with van der Waals surface area (Å²) in [7, 11) is -1.47. The molecule has 0 aliphatic rings. The number of carbonyl (C=O) groups is 1. The molecule has 0 bridgehead atoms. The first-order valence-electron chi connectivity index (χ1n) is 8.96. The molecule has 158 valence electrons. The summed E-state index contributed by atoms with van der Waals surface area (Å²) in [6.45, 7) is 3.63. The number of nitrogens with zero attached hydrogens (tertiary/aromatic N) is 1. The Hall–Kier alpha value is -2.81. The zero-order valence-corrected chi connectivity index (χ0v) is 17.6. The number of ether oxygens (including phenoxy) is 2. The lowest BCUT2D eigenvalue weighted by Gasteiger charge is -2.25. The normalized spacial score (nSPS) is 11.2. The SMILES string of the molecule is COc1ccc(S(=O)(=O)N(CC(=O)NCC(C)C)c2ccccc2F)cc1OC. The summed E-state index contributed by atoms with van der Waals surface area (Å²) in [4.78, 5) is 12.2. The Morgan fingerprint density at radius 2 is 1.76 bits per heavy atom. The van der Waals surface area contributed by atoms with Crippen LogP contribution in [-0.4, -0.2) is 41.6 Å². The van der Waals surface area contributed by atoms with Crippen molar-refractivity contribution in [3.05, 3.63) is 48.3 Å². The third-order valence-electron chi connectivity index (χ3n) is 4.06. The number of benzene rings is 2. The molecule has 0 aromatic heterocycles. The van der Waals surface area contributed by atoms with Gasteiger partial charge in [-0.05, 0) is 30.2 Å². The summed E-state index contributed by atoms with van der Waals surface area (Å²) in [5.74, 6) is -0.563. The fourth-order valence-corrected chi connectivity index (χ4v) is 4.01. The van der Waals surface area contributed by atoms with E-state index in [0.717, 1.165) is 10.4 Å². The maximum Gasteiger partial charge on any atom is 0.265 e. The van der Waals surface area contributed by atoms with Crippen LogP contribution < -0.4 is 19.1 Å². The Kier molecular flexibility index (Phi) is 7.44. The maximum atomic E-state index is 14.4. The Morgan fingerprint density at radius 3 is 2.34 bits per heavy atom. The number of hydrogen-bond donors (Lipinski definition) is 1. The lowest BCUT2D eigenvalue weighted by atomic mass is 10.2. The summed E-state index contributed by atoms with van der Waals surface area (Å²) in [5.41, 5.74) is -0.220. The monoisotopic (exact) mass is 424 g/mol. The van der Waals surface area contributed by atoms with Gasteiger partial charge < -0.3 is 14.8 Å². The number of sulfonamides is 1. The Labute approximate surface area is 170 Å². The predicted octanol–water partition coefficient (Wildman–Crippen LogP) is 2.81. The zero-order chi connectivity index (χ0) is 21.6. The van der Waals surface area contributed by atoms with E-state index in [4.69, 9.17) is 9.47 Å². The van der Waals surface area contributed by atoms with Gasteiger partial charge >= 0.3 is 0 Å². The van der Waals surface area contributed by atoms with Crippen LogP contribution in [0.4, 0.5) is 10.1 Å². The molecule has 0 atom stereocenters. The second kappa shape index (κ2) is 9.60. The second-order valence-corrected chi connectivity index (χ2v) is 8.54. The van der Waals surface area contributed by atoms with E-state index < -0.39 is 28.3 Å². The van der Waals surface area contributed by atoms with Crippen LogP contribution in [0.3, 0.4) is 0 Å². The molecule has 2 rings (SSSR count). The number of anilines is 1. The van der Waals surface area contributed by atoms with Gasteiger partial charge in [-0.25, -0.2) is 12.8 Å². The average Bonchev–Trinajstić information content (AvgIpc) is 2.70. The highest BCUT2D eigenvalue weighted by molar-refractivity contribution is 7.92. The van der Waals surface area contributed by atoms with Crippen LogP contribution in [0.2, 0.25) is 0 Å². The second-order valence-electron chi connectivity index (χ2n) is 6.68. The number of amides is 1. The van der Waals surface area contributed by atoms with E-state index in [2.05, 4.69) is 5.32 Å². The van der Waals surface area contributed by atoms with Gasteiger partial charge in [-0.1, -0.05) is 26.0 Å². The topological polar surface area (TPSA) is 84.9 Å². The number of hydrogen-bond acceptors (Lipinski definition) is 5. The highest BCUT2D eigenvalue weighted by atomic mass is 32.2. The standard InChI is InChI=1S/C20H25FN2O5S/c1-14(2)12-22-20(24)13-23(17-8-6-5-7-16(17)21)29(25,26)15-9-10-18(27-3)19(11-15)28-4/h5-11,14H,12-13H2,1-4H3,(H,22,24). The van der Waals surface area contributed by atoms with E-state index in [9.17, 15) is 17.6 Å². The molecule has 1 N–H and O–H groups in total. The van der Waals surface area contributed by atoms with Crippen molar-refractivity contribution >= 4 is 21.6 Å². The average molecular weight is 424 g/mol. The molecule has 0 spiro atoms. The molecule has 0 unspecified atom stereocenters. The molecule has 2 aromatic carbocycles. The summed E-state index contributed by atoms with van der Waals surface area (Å²) >= 11 is 0. The van der Waals surface area contributed by atoms with Crippen molar-refractivity contribution in [2.24, 2.45) is 5.92 Å². The van der Waals surface area contributed by atoms with Crippen molar-refractivity contribution in [2.45, 2.75) is 18.7 Å². The quantitative estimate of drug-likeness (QED) is 0.669. The summed E-state index contributed by atoms with van der Waals surface area (Å²) in [6.07, 6.45) is 0. The van der Waals surface area contributed by atoms with Crippen molar-refractivity contribution in [3.8, 4) is 11.5 Å². The predicted molar refractivity (Wildman–Crippen MR) is 108 cm³/mol. The van der Waals surface area contributed by atoms with Crippen molar-refractivity contribution in [3.63, 3.8) is 0 Å². The fourth-order valence-electron chi connectivity index (χ4n) is 2.56. The van der Waals surface area contributed by atoms with Crippen LogP contribution in [-0.2, 0) is 14.8 Å². The van der Waals surface area contributed by atoms with Gasteiger partial charge in [0.05, 0.1) is 24.8 Å². The molecule has 7 nitrogen and oxygen atoms in total. The molecule has 9 heteroatoms. The highest BCUT2D eigenvalue weighted by Crippen LogP contribution is 2.32. The largest absolute Gasteiger partial charge is 0.493 e. The molecular formula is C20H25FN2O5S. The van der Waals surface area contributed by atoms with E-state index in [1.54, 1.807) is 0 Å². The summed E-state index contributed by atoms with van der Waals surface area (Å²) in [6, 6.07) is 9.41. The molecule has 0 aliphatic heterocycles. The number of carbonyl (C=O) groups excluding carboxylic acids is 1. The maximum absolute atomic E-state index is 14.4. The molecule has 0 saturated carbocycles.